The fraction of sp³-hybridized carbons (Fsp3) is 0.278. The zero-order chi connectivity index (χ0) is 15.4. The molecule has 114 valence electrons. The SMILES string of the molecule is O=C1CCOc2ccccc21.O[C@@H]1CCOc2ccccc21. The first kappa shape index (κ1) is 14.6. The number of aliphatic hydroxyl groups excluding tert-OH is 1. The fourth-order valence-electron chi connectivity index (χ4n) is 2.53. The van der Waals surface area contributed by atoms with E-state index in [-0.39, 0.29) is 11.9 Å². The number of ketones is 1. The minimum atomic E-state index is -0.333. The van der Waals surface area contributed by atoms with Crippen LogP contribution in [0.15, 0.2) is 48.5 Å². The predicted octanol–water partition coefficient (Wildman–Crippen LogP) is 3.15. The van der Waals surface area contributed by atoms with Crippen molar-refractivity contribution in [1.29, 1.82) is 0 Å². The van der Waals surface area contributed by atoms with E-state index in [1.807, 2.05) is 42.5 Å². The highest BCUT2D eigenvalue weighted by molar-refractivity contribution is 5.99. The molecule has 4 nitrogen and oxygen atoms in total. The van der Waals surface area contributed by atoms with Gasteiger partial charge < -0.3 is 14.6 Å². The van der Waals surface area contributed by atoms with E-state index in [1.165, 1.54) is 0 Å². The quantitative estimate of drug-likeness (QED) is 0.811. The van der Waals surface area contributed by atoms with E-state index in [9.17, 15) is 9.90 Å². The Morgan fingerprint density at radius 3 is 2.36 bits per heavy atom. The van der Waals surface area contributed by atoms with E-state index in [4.69, 9.17) is 9.47 Å². The van der Waals surface area contributed by atoms with Gasteiger partial charge in [-0.3, -0.25) is 4.79 Å². The molecule has 0 bridgehead atoms. The van der Waals surface area contributed by atoms with Crippen LogP contribution in [0.1, 0.15) is 34.9 Å². The van der Waals surface area contributed by atoms with Crippen LogP contribution in [0.2, 0.25) is 0 Å². The number of benzene rings is 2. The van der Waals surface area contributed by atoms with Crippen LogP contribution < -0.4 is 9.47 Å². The van der Waals surface area contributed by atoms with E-state index in [0.717, 1.165) is 22.6 Å². The van der Waals surface area contributed by atoms with Gasteiger partial charge in [-0.25, -0.2) is 0 Å². The molecule has 0 aliphatic carbocycles. The minimum Gasteiger partial charge on any atom is -0.493 e. The highest BCUT2D eigenvalue weighted by atomic mass is 16.5. The third-order valence-corrected chi connectivity index (χ3v) is 3.70. The summed E-state index contributed by atoms with van der Waals surface area (Å²) in [6.07, 6.45) is 0.883. The van der Waals surface area contributed by atoms with Crippen molar-refractivity contribution >= 4 is 5.78 Å². The maximum absolute atomic E-state index is 11.2. The van der Waals surface area contributed by atoms with Gasteiger partial charge in [-0.05, 0) is 18.2 Å². The number of hydrogen-bond acceptors (Lipinski definition) is 4. The summed E-state index contributed by atoms with van der Waals surface area (Å²) in [5, 5.41) is 9.48. The molecule has 22 heavy (non-hydrogen) atoms. The van der Waals surface area contributed by atoms with Crippen LogP contribution in [0.3, 0.4) is 0 Å². The second-order valence-electron chi connectivity index (χ2n) is 5.21. The van der Waals surface area contributed by atoms with Crippen molar-refractivity contribution in [1.82, 2.24) is 0 Å². The van der Waals surface area contributed by atoms with E-state index in [1.54, 1.807) is 6.07 Å². The summed E-state index contributed by atoms with van der Waals surface area (Å²) in [6.45, 7) is 1.15. The lowest BCUT2D eigenvalue weighted by atomic mass is 10.0. The highest BCUT2D eigenvalue weighted by Gasteiger charge is 2.17. The molecule has 4 heteroatoms. The van der Waals surface area contributed by atoms with Gasteiger partial charge in [-0.1, -0.05) is 30.3 Å². The molecule has 0 saturated carbocycles. The van der Waals surface area contributed by atoms with Crippen molar-refractivity contribution in [3.8, 4) is 11.5 Å². The van der Waals surface area contributed by atoms with E-state index < -0.39 is 0 Å². The average molecular weight is 298 g/mol. The number of hydrogen-bond donors (Lipinski definition) is 1. The predicted molar refractivity (Wildman–Crippen MR) is 82.4 cm³/mol. The number of ether oxygens (including phenoxy) is 2. The maximum atomic E-state index is 11.2. The molecule has 1 N–H and O–H groups in total. The lowest BCUT2D eigenvalue weighted by Crippen LogP contribution is -2.14. The number of Topliss-reactive ketones (excluding diaryl/α,β-unsaturated/α-hetero) is 1. The molecule has 2 aliphatic rings. The van der Waals surface area contributed by atoms with Crippen molar-refractivity contribution in [2.24, 2.45) is 0 Å². The van der Waals surface area contributed by atoms with Gasteiger partial charge >= 0.3 is 0 Å². The van der Waals surface area contributed by atoms with E-state index >= 15 is 0 Å². The van der Waals surface area contributed by atoms with Gasteiger partial charge in [0.2, 0.25) is 0 Å². The molecular weight excluding hydrogens is 280 g/mol. The van der Waals surface area contributed by atoms with Crippen molar-refractivity contribution in [3.63, 3.8) is 0 Å². The number of para-hydroxylation sites is 2. The Labute approximate surface area is 129 Å². The molecule has 0 spiro atoms. The summed E-state index contributed by atoms with van der Waals surface area (Å²) in [6, 6.07) is 15.0. The Kier molecular flexibility index (Phi) is 4.39. The second kappa shape index (κ2) is 6.62. The van der Waals surface area contributed by atoms with Crippen LogP contribution in [-0.4, -0.2) is 24.1 Å². The monoisotopic (exact) mass is 298 g/mol. The van der Waals surface area contributed by atoms with Gasteiger partial charge in [0.25, 0.3) is 0 Å². The summed E-state index contributed by atoms with van der Waals surface area (Å²) in [5.74, 6) is 1.74. The van der Waals surface area contributed by atoms with Crippen molar-refractivity contribution in [3.05, 3.63) is 59.7 Å². The number of fused-ring (bicyclic) bond motifs is 2. The lowest BCUT2D eigenvalue weighted by Gasteiger charge is -2.21. The third kappa shape index (κ3) is 3.12. The molecule has 2 aromatic carbocycles. The molecule has 0 radical (unpaired) electrons. The summed E-state index contributed by atoms with van der Waals surface area (Å²) in [7, 11) is 0. The van der Waals surface area contributed by atoms with Crippen LogP contribution in [-0.2, 0) is 0 Å². The van der Waals surface area contributed by atoms with Gasteiger partial charge in [-0.2, -0.15) is 0 Å². The molecule has 2 aromatic rings. The van der Waals surface area contributed by atoms with E-state index in [2.05, 4.69) is 0 Å². The highest BCUT2D eigenvalue weighted by Crippen LogP contribution is 2.30. The Hall–Kier alpha value is -2.33. The number of rotatable bonds is 0. The van der Waals surface area contributed by atoms with Crippen molar-refractivity contribution in [2.75, 3.05) is 13.2 Å². The molecule has 0 unspecified atom stereocenters. The Balaban J connectivity index is 0.000000131. The molecule has 0 saturated heterocycles. The average Bonchev–Trinajstić information content (AvgIpc) is 2.57. The molecule has 4 rings (SSSR count). The normalized spacial score (nSPS) is 18.8. The second-order valence-corrected chi connectivity index (χ2v) is 5.21. The lowest BCUT2D eigenvalue weighted by molar-refractivity contribution is 0.0933. The first-order valence-corrected chi connectivity index (χ1v) is 7.40. The first-order chi connectivity index (χ1) is 10.8. The van der Waals surface area contributed by atoms with Gasteiger partial charge in [0.05, 0.1) is 24.9 Å². The van der Waals surface area contributed by atoms with Crippen LogP contribution in [0.4, 0.5) is 0 Å². The summed E-state index contributed by atoms with van der Waals surface area (Å²) >= 11 is 0. The van der Waals surface area contributed by atoms with Crippen molar-refractivity contribution in [2.45, 2.75) is 18.9 Å². The van der Waals surface area contributed by atoms with Crippen LogP contribution in [0.25, 0.3) is 0 Å². The largest absolute Gasteiger partial charge is 0.493 e. The van der Waals surface area contributed by atoms with Crippen LogP contribution in [0, 0.1) is 0 Å². The summed E-state index contributed by atoms with van der Waals surface area (Å²) in [5.41, 5.74) is 1.64. The van der Waals surface area contributed by atoms with Gasteiger partial charge in [0.15, 0.2) is 5.78 Å². The zero-order valence-electron chi connectivity index (χ0n) is 12.2. The Morgan fingerprint density at radius 1 is 0.909 bits per heavy atom. The first-order valence-electron chi connectivity index (χ1n) is 7.40. The van der Waals surface area contributed by atoms with Crippen molar-refractivity contribution < 1.29 is 19.4 Å². The Morgan fingerprint density at radius 2 is 1.59 bits per heavy atom. The number of carbonyl (C=O) groups excluding carboxylic acids is 1. The maximum Gasteiger partial charge on any atom is 0.169 e. The summed E-state index contributed by atoms with van der Waals surface area (Å²) in [4.78, 5) is 11.2. The molecule has 0 amide bonds. The van der Waals surface area contributed by atoms with Crippen LogP contribution >= 0.6 is 0 Å². The smallest absolute Gasteiger partial charge is 0.169 e. The molecule has 2 aliphatic heterocycles. The van der Waals surface area contributed by atoms with Gasteiger partial charge in [0.1, 0.15) is 11.5 Å². The van der Waals surface area contributed by atoms with Gasteiger partial charge in [0, 0.05) is 18.4 Å². The Bertz CT molecular complexity index is 666. The minimum absolute atomic E-state index is 0.187. The fourth-order valence-corrected chi connectivity index (χ4v) is 2.53. The zero-order valence-corrected chi connectivity index (χ0v) is 12.2. The van der Waals surface area contributed by atoms with E-state index in [0.29, 0.717) is 26.1 Å². The topological polar surface area (TPSA) is 55.8 Å². The third-order valence-electron chi connectivity index (χ3n) is 3.70. The molecular formula is C18H18O4. The molecule has 2 heterocycles. The molecule has 0 aromatic heterocycles. The summed E-state index contributed by atoms with van der Waals surface area (Å²) < 4.78 is 10.6. The number of carbonyl (C=O) groups is 1. The van der Waals surface area contributed by atoms with Gasteiger partial charge in [-0.15, -0.1) is 0 Å². The standard InChI is InChI=1S/C9H10O2.C9H8O2/c2*10-8-5-6-11-9-4-2-1-3-7(8)9/h1-4,8,10H,5-6H2;1-4H,5-6H2/t8-;/m1./s1. The van der Waals surface area contributed by atoms with Crippen LogP contribution in [0.5, 0.6) is 11.5 Å². The molecule has 1 atom stereocenters. The molecule has 0 fully saturated rings. The number of aliphatic hydroxyl groups is 1.